The number of hydrogen-bond donors (Lipinski definition) is 1. The summed E-state index contributed by atoms with van der Waals surface area (Å²) in [7, 11) is -1.41. The van der Waals surface area contributed by atoms with Gasteiger partial charge in [0, 0.05) is 5.02 Å². The molecule has 0 radical (unpaired) electrons. The molecule has 1 heterocycles. The zero-order chi connectivity index (χ0) is 21.8. The quantitative estimate of drug-likeness (QED) is 0.550. The van der Waals surface area contributed by atoms with Gasteiger partial charge in [0.2, 0.25) is 0 Å². The summed E-state index contributed by atoms with van der Waals surface area (Å²) >= 11 is 6.17. The van der Waals surface area contributed by atoms with Crippen LogP contribution in [-0.2, 0) is 16.4 Å². The van der Waals surface area contributed by atoms with Gasteiger partial charge in [-0.15, -0.1) is 5.10 Å². The van der Waals surface area contributed by atoms with Gasteiger partial charge in [-0.25, -0.2) is 8.89 Å². The van der Waals surface area contributed by atoms with Crippen LogP contribution in [0.1, 0.15) is 51.6 Å². The number of hydrogen-bond acceptors (Lipinski definition) is 3. The van der Waals surface area contributed by atoms with Gasteiger partial charge in [-0.05, 0) is 55.2 Å². The van der Waals surface area contributed by atoms with Crippen LogP contribution in [0.3, 0.4) is 0 Å². The summed E-state index contributed by atoms with van der Waals surface area (Å²) in [4.78, 5) is 0.704. The van der Waals surface area contributed by atoms with Crippen LogP contribution in [-0.4, -0.2) is 19.2 Å². The molecule has 29 heavy (non-hydrogen) atoms. The van der Waals surface area contributed by atoms with E-state index in [1.54, 1.807) is 22.9 Å². The van der Waals surface area contributed by atoms with Crippen molar-refractivity contribution in [1.82, 2.24) is 15.0 Å². The van der Waals surface area contributed by atoms with E-state index < -0.39 is 11.0 Å². The van der Waals surface area contributed by atoms with Gasteiger partial charge in [-0.1, -0.05) is 63.6 Å². The van der Waals surface area contributed by atoms with Crippen LogP contribution < -0.4 is 4.72 Å². The Bertz CT molecular complexity index is 991. The highest BCUT2D eigenvalue weighted by atomic mass is 35.5. The van der Waals surface area contributed by atoms with E-state index in [4.69, 9.17) is 11.6 Å². The molecule has 0 amide bonds. The summed E-state index contributed by atoms with van der Waals surface area (Å²) in [6, 6.07) is 13.2. The molecule has 1 atom stereocenters. The van der Waals surface area contributed by atoms with E-state index in [0.29, 0.717) is 21.3 Å². The lowest BCUT2D eigenvalue weighted by Gasteiger charge is -2.19. The minimum Gasteiger partial charge on any atom is -0.299 e. The molecule has 0 spiro atoms. The number of nitrogens with one attached hydrogen (secondary N) is 1. The predicted octanol–water partition coefficient (Wildman–Crippen LogP) is 6.00. The SMILES string of the molecule is CC.Cc1nnn(-c2cc(Cl)ccc2NS(=O)c2ccc(C(C)(C)C)cc2)c1C. The molecule has 0 aliphatic carbocycles. The van der Waals surface area contributed by atoms with E-state index in [9.17, 15) is 4.21 Å². The van der Waals surface area contributed by atoms with Crippen molar-refractivity contribution >= 4 is 28.3 Å². The molecule has 0 aliphatic heterocycles. The van der Waals surface area contributed by atoms with Gasteiger partial charge in [-0.3, -0.25) is 4.72 Å². The fourth-order valence-electron chi connectivity index (χ4n) is 2.64. The fourth-order valence-corrected chi connectivity index (χ4v) is 3.68. The average molecular weight is 433 g/mol. The first-order valence-corrected chi connectivity index (χ1v) is 11.2. The first-order chi connectivity index (χ1) is 13.7. The van der Waals surface area contributed by atoms with Crippen molar-refractivity contribution in [2.45, 2.75) is 58.8 Å². The van der Waals surface area contributed by atoms with Crippen molar-refractivity contribution in [3.8, 4) is 5.69 Å². The molecule has 0 saturated heterocycles. The van der Waals surface area contributed by atoms with Gasteiger partial charge in [0.1, 0.15) is 11.0 Å². The maximum Gasteiger partial charge on any atom is 0.150 e. The van der Waals surface area contributed by atoms with Gasteiger partial charge in [0.05, 0.1) is 27.7 Å². The zero-order valence-corrected chi connectivity index (χ0v) is 19.6. The monoisotopic (exact) mass is 432 g/mol. The van der Waals surface area contributed by atoms with Crippen LogP contribution in [0.5, 0.6) is 0 Å². The molecule has 5 nitrogen and oxygen atoms in total. The number of aromatic nitrogens is 3. The van der Waals surface area contributed by atoms with Crippen molar-refractivity contribution in [1.29, 1.82) is 0 Å². The number of rotatable bonds is 4. The van der Waals surface area contributed by atoms with E-state index in [1.165, 1.54) is 5.56 Å². The molecule has 3 rings (SSSR count). The third kappa shape index (κ3) is 5.46. The molecule has 0 fully saturated rings. The van der Waals surface area contributed by atoms with Gasteiger partial charge in [0.15, 0.2) is 0 Å². The smallest absolute Gasteiger partial charge is 0.150 e. The Morgan fingerprint density at radius 3 is 2.17 bits per heavy atom. The Morgan fingerprint density at radius 2 is 1.66 bits per heavy atom. The predicted molar refractivity (Wildman–Crippen MR) is 122 cm³/mol. The Kier molecular flexibility index (Phi) is 7.60. The molecule has 0 aliphatic rings. The highest BCUT2D eigenvalue weighted by Crippen LogP contribution is 2.28. The van der Waals surface area contributed by atoms with Gasteiger partial charge < -0.3 is 0 Å². The van der Waals surface area contributed by atoms with Gasteiger partial charge in [-0.2, -0.15) is 0 Å². The molecule has 156 valence electrons. The molecular weight excluding hydrogens is 404 g/mol. The summed E-state index contributed by atoms with van der Waals surface area (Å²) in [6.45, 7) is 14.3. The first-order valence-electron chi connectivity index (χ1n) is 9.64. The topological polar surface area (TPSA) is 59.8 Å². The van der Waals surface area contributed by atoms with Gasteiger partial charge in [0.25, 0.3) is 0 Å². The Hall–Kier alpha value is -2.18. The van der Waals surface area contributed by atoms with E-state index in [1.807, 2.05) is 52.0 Å². The lowest BCUT2D eigenvalue weighted by atomic mass is 9.87. The van der Waals surface area contributed by atoms with Crippen molar-refractivity contribution < 1.29 is 4.21 Å². The number of halogens is 1. The van der Waals surface area contributed by atoms with Crippen molar-refractivity contribution in [3.63, 3.8) is 0 Å². The molecule has 0 saturated carbocycles. The fraction of sp³-hybridized carbons (Fsp3) is 0.364. The third-order valence-electron chi connectivity index (χ3n) is 4.45. The molecule has 0 bridgehead atoms. The second-order valence-electron chi connectivity index (χ2n) is 7.48. The summed E-state index contributed by atoms with van der Waals surface area (Å²) in [5.41, 5.74) is 4.37. The summed E-state index contributed by atoms with van der Waals surface area (Å²) < 4.78 is 17.6. The Morgan fingerprint density at radius 1 is 1.03 bits per heavy atom. The number of aryl methyl sites for hydroxylation is 1. The van der Waals surface area contributed by atoms with Crippen molar-refractivity contribution in [2.75, 3.05) is 4.72 Å². The molecule has 1 N–H and O–H groups in total. The van der Waals surface area contributed by atoms with Crippen LogP contribution in [0.15, 0.2) is 47.4 Å². The number of benzene rings is 2. The maximum atomic E-state index is 12.9. The zero-order valence-electron chi connectivity index (χ0n) is 18.1. The van der Waals surface area contributed by atoms with Crippen LogP contribution in [0.2, 0.25) is 5.02 Å². The van der Waals surface area contributed by atoms with Crippen LogP contribution in [0.25, 0.3) is 5.69 Å². The molecule has 2 aromatic carbocycles. The van der Waals surface area contributed by atoms with Crippen LogP contribution in [0.4, 0.5) is 5.69 Å². The minimum absolute atomic E-state index is 0.0548. The Balaban J connectivity index is 0.00000145. The van der Waals surface area contributed by atoms with Crippen LogP contribution in [0, 0.1) is 13.8 Å². The first kappa shape index (κ1) is 23.1. The van der Waals surface area contributed by atoms with E-state index in [2.05, 4.69) is 35.8 Å². The van der Waals surface area contributed by atoms with Crippen LogP contribution >= 0.6 is 11.6 Å². The van der Waals surface area contributed by atoms with Gasteiger partial charge >= 0.3 is 0 Å². The minimum atomic E-state index is -1.41. The third-order valence-corrected chi connectivity index (χ3v) is 5.79. The van der Waals surface area contributed by atoms with Crippen molar-refractivity contribution in [2.24, 2.45) is 0 Å². The standard InChI is InChI=1S/C20H23ClN4OS.C2H6/c1-13-14(2)25(24-22-13)19-12-16(21)8-11-18(19)23-27(26)17-9-6-15(7-10-17)20(3,4)5;1-2/h6-12,23H,1-5H3;1-2H3. The number of nitrogens with zero attached hydrogens (tertiary/aromatic N) is 3. The molecule has 3 aromatic rings. The van der Waals surface area contributed by atoms with Crippen molar-refractivity contribution in [3.05, 3.63) is 64.4 Å². The largest absolute Gasteiger partial charge is 0.299 e. The van der Waals surface area contributed by atoms with E-state index >= 15 is 0 Å². The summed E-state index contributed by atoms with van der Waals surface area (Å²) in [5.74, 6) is 0. The Labute approximate surface area is 181 Å². The molecular formula is C22H29ClN4OS. The highest BCUT2D eigenvalue weighted by Gasteiger charge is 2.16. The average Bonchev–Trinajstić information content (AvgIpc) is 3.03. The number of anilines is 1. The lowest BCUT2D eigenvalue weighted by Crippen LogP contribution is -2.12. The van der Waals surface area contributed by atoms with E-state index in [0.717, 1.165) is 11.4 Å². The normalized spacial score (nSPS) is 12.1. The van der Waals surface area contributed by atoms with E-state index in [-0.39, 0.29) is 5.41 Å². The maximum absolute atomic E-state index is 12.9. The summed E-state index contributed by atoms with van der Waals surface area (Å²) in [5, 5.41) is 8.85. The second kappa shape index (κ2) is 9.55. The molecule has 1 unspecified atom stereocenters. The summed E-state index contributed by atoms with van der Waals surface area (Å²) in [6.07, 6.45) is 0. The lowest BCUT2D eigenvalue weighted by molar-refractivity contribution is 0.589. The second-order valence-corrected chi connectivity index (χ2v) is 9.13. The highest BCUT2D eigenvalue weighted by molar-refractivity contribution is 7.86. The molecule has 1 aromatic heterocycles. The molecule has 7 heteroatoms.